The van der Waals surface area contributed by atoms with Crippen LogP contribution in [-0.4, -0.2) is 7.05 Å². The quantitative estimate of drug-likeness (QED) is 0.628. The van der Waals surface area contributed by atoms with Crippen molar-refractivity contribution in [3.05, 3.63) is 48.2 Å². The van der Waals surface area contributed by atoms with Crippen molar-refractivity contribution in [1.29, 1.82) is 0 Å². The van der Waals surface area contributed by atoms with Crippen LogP contribution in [0.25, 0.3) is 0 Å². The van der Waals surface area contributed by atoms with Crippen LogP contribution in [0.1, 0.15) is 13.8 Å². The minimum Gasteiger partial charge on any atom is -0.388 e. The lowest BCUT2D eigenvalue weighted by atomic mass is 10.3. The molecule has 0 unspecified atom stereocenters. The molecule has 0 rings (SSSR count). The molecule has 0 aliphatic rings. The molecule has 1 nitrogen and oxygen atoms in total. The van der Waals surface area contributed by atoms with Crippen LogP contribution in [0.2, 0.25) is 0 Å². The monoisotopic (exact) mass is 163 g/mol. The van der Waals surface area contributed by atoms with Crippen molar-refractivity contribution in [2.75, 3.05) is 7.05 Å². The number of likely N-dealkylation sites (N-methyl/N-ethyl adjacent to an activating group) is 1. The van der Waals surface area contributed by atoms with Gasteiger partial charge < -0.3 is 5.32 Å². The molecular weight excluding hydrogens is 146 g/mol. The van der Waals surface area contributed by atoms with E-state index in [1.54, 1.807) is 0 Å². The highest BCUT2D eigenvalue weighted by molar-refractivity contribution is 5.24. The van der Waals surface area contributed by atoms with Crippen molar-refractivity contribution in [1.82, 2.24) is 5.32 Å². The Kier molecular flexibility index (Phi) is 7.05. The maximum Gasteiger partial charge on any atom is 0.0337 e. The van der Waals surface area contributed by atoms with E-state index in [9.17, 15) is 0 Å². The molecule has 0 bridgehead atoms. The maximum absolute atomic E-state index is 3.08. The van der Waals surface area contributed by atoms with Crippen molar-refractivity contribution in [2.45, 2.75) is 13.8 Å². The molecule has 66 valence electrons. The summed E-state index contributed by atoms with van der Waals surface area (Å²) in [6.07, 6.45) is 14.1. The Morgan fingerprint density at radius 1 is 1.00 bits per heavy atom. The van der Waals surface area contributed by atoms with Gasteiger partial charge in [0.2, 0.25) is 0 Å². The van der Waals surface area contributed by atoms with Crippen LogP contribution in [0.5, 0.6) is 0 Å². The number of nitrogens with one attached hydrogen (secondary N) is 1. The van der Waals surface area contributed by atoms with Gasteiger partial charge in [0.25, 0.3) is 0 Å². The molecule has 12 heavy (non-hydrogen) atoms. The van der Waals surface area contributed by atoms with E-state index >= 15 is 0 Å². The zero-order valence-electron chi connectivity index (χ0n) is 8.04. The summed E-state index contributed by atoms with van der Waals surface area (Å²) >= 11 is 0. The van der Waals surface area contributed by atoms with Crippen molar-refractivity contribution in [3.63, 3.8) is 0 Å². The molecule has 0 radical (unpaired) electrons. The summed E-state index contributed by atoms with van der Waals surface area (Å²) < 4.78 is 0. The normalized spacial score (nSPS) is 13.8. The Morgan fingerprint density at radius 3 is 2.17 bits per heavy atom. The Hall–Kier alpha value is -1.24. The maximum atomic E-state index is 3.08. The van der Waals surface area contributed by atoms with Gasteiger partial charge in [0, 0.05) is 12.7 Å². The van der Waals surface area contributed by atoms with E-state index in [1.807, 2.05) is 63.4 Å². The summed E-state index contributed by atoms with van der Waals surface area (Å²) in [6.45, 7) is 4.00. The first-order chi connectivity index (χ1) is 5.85. The molecule has 0 amide bonds. The van der Waals surface area contributed by atoms with E-state index in [2.05, 4.69) is 5.32 Å². The van der Waals surface area contributed by atoms with E-state index in [0.717, 1.165) is 5.70 Å². The highest BCUT2D eigenvalue weighted by Crippen LogP contribution is 1.92. The predicted octanol–water partition coefficient (Wildman–Crippen LogP) is 2.80. The largest absolute Gasteiger partial charge is 0.388 e. The van der Waals surface area contributed by atoms with Crippen LogP contribution in [0.15, 0.2) is 48.2 Å². The second-order valence-electron chi connectivity index (χ2n) is 2.28. The first-order valence-electron chi connectivity index (χ1n) is 4.15. The summed E-state index contributed by atoms with van der Waals surface area (Å²) in [6, 6.07) is 0. The summed E-state index contributed by atoms with van der Waals surface area (Å²) in [5.74, 6) is 0. The fraction of sp³-hybridized carbons (Fsp3) is 0.273. The fourth-order valence-corrected chi connectivity index (χ4v) is 0.692. The minimum atomic E-state index is 1.10. The Balaban J connectivity index is 4.16. The zero-order valence-corrected chi connectivity index (χ0v) is 8.04. The van der Waals surface area contributed by atoms with Crippen molar-refractivity contribution in [2.24, 2.45) is 0 Å². The molecule has 0 aliphatic heterocycles. The van der Waals surface area contributed by atoms with Gasteiger partial charge in [-0.1, -0.05) is 30.4 Å². The van der Waals surface area contributed by atoms with Crippen LogP contribution in [0.3, 0.4) is 0 Å². The average Bonchev–Trinajstić information content (AvgIpc) is 2.11. The van der Waals surface area contributed by atoms with Gasteiger partial charge in [-0.15, -0.1) is 0 Å². The molecule has 0 atom stereocenters. The highest BCUT2D eigenvalue weighted by atomic mass is 14.8. The topological polar surface area (TPSA) is 12.0 Å². The molecule has 0 aromatic rings. The molecule has 0 aliphatic carbocycles. The van der Waals surface area contributed by atoms with Gasteiger partial charge in [-0.25, -0.2) is 0 Å². The third-order valence-corrected chi connectivity index (χ3v) is 1.34. The lowest BCUT2D eigenvalue weighted by molar-refractivity contribution is 1.03. The van der Waals surface area contributed by atoms with Crippen LogP contribution >= 0.6 is 0 Å². The molecule has 0 aromatic carbocycles. The molecular formula is C11H17N. The van der Waals surface area contributed by atoms with Crippen LogP contribution in [-0.2, 0) is 0 Å². The second kappa shape index (κ2) is 7.86. The third-order valence-electron chi connectivity index (χ3n) is 1.34. The number of allylic oxidation sites excluding steroid dienone is 7. The first kappa shape index (κ1) is 10.8. The predicted molar refractivity (Wildman–Crippen MR) is 55.9 cm³/mol. The van der Waals surface area contributed by atoms with Gasteiger partial charge in [0.1, 0.15) is 0 Å². The van der Waals surface area contributed by atoms with Gasteiger partial charge in [-0.05, 0) is 26.0 Å². The standard InChI is InChI=1S/C11H17N/c1-4-6-8-10-11(12-3)9-7-5-2/h4-10,12H,1-3H3/b6-4-,7-5-,10-8-,11-9+. The summed E-state index contributed by atoms with van der Waals surface area (Å²) in [5, 5.41) is 3.08. The van der Waals surface area contributed by atoms with Crippen molar-refractivity contribution >= 4 is 0 Å². The molecule has 0 aromatic heterocycles. The SMILES string of the molecule is C\C=C/C=C\C(=C/C=C\C)NC. The highest BCUT2D eigenvalue weighted by Gasteiger charge is 1.80. The van der Waals surface area contributed by atoms with Gasteiger partial charge in [-0.2, -0.15) is 0 Å². The minimum absolute atomic E-state index is 1.10. The second-order valence-corrected chi connectivity index (χ2v) is 2.28. The van der Waals surface area contributed by atoms with Crippen LogP contribution in [0, 0.1) is 0 Å². The number of rotatable bonds is 4. The van der Waals surface area contributed by atoms with Crippen LogP contribution < -0.4 is 5.32 Å². The number of hydrogen-bond acceptors (Lipinski definition) is 1. The summed E-state index contributed by atoms with van der Waals surface area (Å²) in [4.78, 5) is 0. The Morgan fingerprint density at radius 2 is 1.67 bits per heavy atom. The molecule has 1 N–H and O–H groups in total. The van der Waals surface area contributed by atoms with Gasteiger partial charge in [0.15, 0.2) is 0 Å². The molecule has 0 saturated heterocycles. The Bertz CT molecular complexity index is 207. The van der Waals surface area contributed by atoms with Crippen molar-refractivity contribution in [3.8, 4) is 0 Å². The van der Waals surface area contributed by atoms with E-state index in [1.165, 1.54) is 0 Å². The van der Waals surface area contributed by atoms with E-state index in [-0.39, 0.29) is 0 Å². The summed E-state index contributed by atoms with van der Waals surface area (Å²) in [5.41, 5.74) is 1.10. The first-order valence-corrected chi connectivity index (χ1v) is 4.15. The molecule has 0 heterocycles. The average molecular weight is 163 g/mol. The molecule has 0 spiro atoms. The van der Waals surface area contributed by atoms with Crippen molar-refractivity contribution < 1.29 is 0 Å². The third kappa shape index (κ3) is 5.54. The lowest BCUT2D eigenvalue weighted by Gasteiger charge is -1.96. The molecule has 1 heteroatoms. The van der Waals surface area contributed by atoms with E-state index < -0.39 is 0 Å². The van der Waals surface area contributed by atoms with Crippen LogP contribution in [0.4, 0.5) is 0 Å². The lowest BCUT2D eigenvalue weighted by Crippen LogP contribution is -2.01. The van der Waals surface area contributed by atoms with E-state index in [4.69, 9.17) is 0 Å². The zero-order chi connectivity index (χ0) is 9.23. The molecule has 0 fully saturated rings. The number of hydrogen-bond donors (Lipinski definition) is 1. The Labute approximate surface area is 75.2 Å². The van der Waals surface area contributed by atoms with Gasteiger partial charge in [0.05, 0.1) is 0 Å². The van der Waals surface area contributed by atoms with Gasteiger partial charge >= 0.3 is 0 Å². The van der Waals surface area contributed by atoms with E-state index in [0.29, 0.717) is 0 Å². The fourth-order valence-electron chi connectivity index (χ4n) is 0.692. The summed E-state index contributed by atoms with van der Waals surface area (Å²) in [7, 11) is 1.91. The van der Waals surface area contributed by atoms with Gasteiger partial charge in [-0.3, -0.25) is 0 Å². The molecule has 0 saturated carbocycles. The smallest absolute Gasteiger partial charge is 0.0337 e.